The smallest absolute Gasteiger partial charge is 0.289 e. The summed E-state index contributed by atoms with van der Waals surface area (Å²) >= 11 is 0. The fourth-order valence-electron chi connectivity index (χ4n) is 4.35. The minimum absolute atomic E-state index is 0. The molecule has 32 heavy (non-hydrogen) atoms. The molecule has 0 aliphatic carbocycles. The molecule has 4 aromatic carbocycles. The van der Waals surface area contributed by atoms with Crippen molar-refractivity contribution in [2.75, 3.05) is 0 Å². The maximum atomic E-state index is 2.46. The average molecular weight is 481 g/mol. The predicted octanol–water partition coefficient (Wildman–Crippen LogP) is 3.37. The summed E-state index contributed by atoms with van der Waals surface area (Å²) in [6.45, 7) is 0.802. The molecule has 0 atom stereocenters. The Kier molecular flexibility index (Phi) is 6.67. The summed E-state index contributed by atoms with van der Waals surface area (Å²) in [7, 11) is 2.18. The zero-order valence-electron chi connectivity index (χ0n) is 18.0. The van der Waals surface area contributed by atoms with E-state index >= 15 is 0 Å². The first-order valence-electron chi connectivity index (χ1n) is 10.7. The molecule has 0 spiro atoms. The molecule has 0 aliphatic rings. The largest absolute Gasteiger partial charge is 1.00 e. The summed E-state index contributed by atoms with van der Waals surface area (Å²) < 4.78 is 4.80. The van der Waals surface area contributed by atoms with Gasteiger partial charge in [-0.3, -0.25) is 0 Å². The number of imidazole rings is 1. The summed E-state index contributed by atoms with van der Waals surface area (Å²) in [4.78, 5) is 0. The number of rotatable bonds is 5. The Balaban J connectivity index is 0.00000245. The lowest BCUT2D eigenvalue weighted by atomic mass is 10.0. The molecule has 0 saturated heterocycles. The molecule has 1 heterocycles. The van der Waals surface area contributed by atoms with Crippen LogP contribution in [0.5, 0.6) is 0 Å². The molecular weight excluding hydrogens is 456 g/mol. The lowest BCUT2D eigenvalue weighted by Crippen LogP contribution is -3.00. The van der Waals surface area contributed by atoms with Gasteiger partial charge in [0.25, 0.3) is 5.82 Å². The monoisotopic (exact) mass is 480 g/mol. The number of benzene rings is 4. The molecule has 0 bridgehead atoms. The Morgan fingerprint density at radius 3 is 1.53 bits per heavy atom. The van der Waals surface area contributed by atoms with Crippen LogP contribution in [0.25, 0.3) is 33.9 Å². The predicted molar refractivity (Wildman–Crippen MR) is 127 cm³/mol. The number of hydrogen-bond donors (Lipinski definition) is 0. The molecule has 0 radical (unpaired) electrons. The van der Waals surface area contributed by atoms with Crippen molar-refractivity contribution in [1.82, 2.24) is 4.57 Å². The summed E-state index contributed by atoms with van der Waals surface area (Å²) in [5.41, 5.74) is 7.38. The van der Waals surface area contributed by atoms with Gasteiger partial charge in [-0.05, 0) is 17.7 Å². The SMILES string of the molecule is C[n+]1c(-c2ccccc2)c(-c2ccccc2)n(Cc2ccccc2)c1-c1ccccc1.[Br-]. The van der Waals surface area contributed by atoms with Crippen LogP contribution in [0.2, 0.25) is 0 Å². The second-order valence-corrected chi connectivity index (χ2v) is 7.75. The molecule has 1 aromatic heterocycles. The van der Waals surface area contributed by atoms with Gasteiger partial charge in [0.05, 0.1) is 12.6 Å². The van der Waals surface area contributed by atoms with E-state index in [-0.39, 0.29) is 17.0 Å². The van der Waals surface area contributed by atoms with Crippen molar-refractivity contribution in [2.45, 2.75) is 6.54 Å². The van der Waals surface area contributed by atoms with E-state index in [1.165, 1.54) is 39.5 Å². The molecule has 0 N–H and O–H groups in total. The van der Waals surface area contributed by atoms with E-state index in [0.717, 1.165) is 6.54 Å². The lowest BCUT2D eigenvalue weighted by molar-refractivity contribution is -0.648. The molecule has 0 unspecified atom stereocenters. The standard InChI is InChI=1S/C29H25N2.BrH/c1-30-27(24-16-8-3-9-17-24)28(25-18-10-4-11-19-25)31(22-23-14-6-2-7-15-23)29(30)26-20-12-5-13-21-26;/h2-21H,22H2,1H3;1H/q+1;/p-1. The normalized spacial score (nSPS) is 10.5. The molecule has 0 amide bonds. The van der Waals surface area contributed by atoms with Crippen molar-refractivity contribution in [3.05, 3.63) is 127 Å². The van der Waals surface area contributed by atoms with Crippen molar-refractivity contribution in [1.29, 1.82) is 0 Å². The highest BCUT2D eigenvalue weighted by Crippen LogP contribution is 2.35. The number of aromatic nitrogens is 2. The summed E-state index contributed by atoms with van der Waals surface area (Å²) in [6.07, 6.45) is 0. The molecule has 5 rings (SSSR count). The van der Waals surface area contributed by atoms with Gasteiger partial charge < -0.3 is 17.0 Å². The van der Waals surface area contributed by atoms with Crippen molar-refractivity contribution < 1.29 is 21.5 Å². The minimum atomic E-state index is 0. The minimum Gasteiger partial charge on any atom is -1.00 e. The highest BCUT2D eigenvalue weighted by molar-refractivity contribution is 5.79. The van der Waals surface area contributed by atoms with Crippen molar-refractivity contribution in [2.24, 2.45) is 7.05 Å². The van der Waals surface area contributed by atoms with Gasteiger partial charge in [0, 0.05) is 11.1 Å². The zero-order chi connectivity index (χ0) is 21.0. The van der Waals surface area contributed by atoms with Gasteiger partial charge in [-0.2, -0.15) is 0 Å². The van der Waals surface area contributed by atoms with Crippen molar-refractivity contribution >= 4 is 0 Å². The third-order valence-electron chi connectivity index (χ3n) is 5.71. The van der Waals surface area contributed by atoms with Crippen LogP contribution in [0.3, 0.4) is 0 Å². The van der Waals surface area contributed by atoms with Crippen molar-refractivity contribution in [3.63, 3.8) is 0 Å². The van der Waals surface area contributed by atoms with Gasteiger partial charge in [-0.1, -0.05) is 109 Å². The Hall–Kier alpha value is -3.43. The first-order chi connectivity index (χ1) is 15.3. The highest BCUT2D eigenvalue weighted by atomic mass is 79.9. The van der Waals surface area contributed by atoms with Gasteiger partial charge in [-0.25, -0.2) is 9.13 Å². The first-order valence-corrected chi connectivity index (χ1v) is 10.7. The zero-order valence-corrected chi connectivity index (χ0v) is 19.6. The van der Waals surface area contributed by atoms with Gasteiger partial charge in [0.15, 0.2) is 11.4 Å². The first kappa shape index (κ1) is 21.8. The van der Waals surface area contributed by atoms with E-state index in [9.17, 15) is 0 Å². The molecule has 3 heteroatoms. The van der Waals surface area contributed by atoms with E-state index in [0.29, 0.717) is 0 Å². The van der Waals surface area contributed by atoms with Gasteiger partial charge >= 0.3 is 0 Å². The third-order valence-corrected chi connectivity index (χ3v) is 5.71. The molecule has 0 aliphatic heterocycles. The quantitative estimate of drug-likeness (QED) is 0.341. The molecule has 158 valence electrons. The van der Waals surface area contributed by atoms with Crippen LogP contribution < -0.4 is 21.5 Å². The summed E-state index contributed by atoms with van der Waals surface area (Å²) in [5, 5.41) is 0. The van der Waals surface area contributed by atoms with Crippen LogP contribution in [0.1, 0.15) is 5.56 Å². The molecule has 0 saturated carbocycles. The maximum Gasteiger partial charge on any atom is 0.289 e. The molecular formula is C29H25BrN2. The van der Waals surface area contributed by atoms with E-state index in [1.807, 2.05) is 0 Å². The Bertz CT molecular complexity index is 1280. The van der Waals surface area contributed by atoms with Crippen LogP contribution in [-0.4, -0.2) is 4.57 Å². The van der Waals surface area contributed by atoms with Gasteiger partial charge in [0.1, 0.15) is 6.54 Å². The average Bonchev–Trinajstić information content (AvgIpc) is 3.13. The molecule has 5 aromatic rings. The fraction of sp³-hybridized carbons (Fsp3) is 0.0690. The van der Waals surface area contributed by atoms with E-state index < -0.39 is 0 Å². The number of nitrogens with zero attached hydrogens (tertiary/aromatic N) is 2. The highest BCUT2D eigenvalue weighted by Gasteiger charge is 2.31. The Morgan fingerprint density at radius 2 is 1.00 bits per heavy atom. The van der Waals surface area contributed by atoms with Crippen LogP contribution in [0.15, 0.2) is 121 Å². The Morgan fingerprint density at radius 1 is 0.562 bits per heavy atom. The number of hydrogen-bond acceptors (Lipinski definition) is 0. The van der Waals surface area contributed by atoms with Crippen LogP contribution in [0.4, 0.5) is 0 Å². The van der Waals surface area contributed by atoms with Crippen LogP contribution >= 0.6 is 0 Å². The number of halogens is 1. The van der Waals surface area contributed by atoms with E-state index in [1.54, 1.807) is 0 Å². The van der Waals surface area contributed by atoms with Crippen LogP contribution in [0, 0.1) is 0 Å². The van der Waals surface area contributed by atoms with Crippen LogP contribution in [-0.2, 0) is 13.6 Å². The summed E-state index contributed by atoms with van der Waals surface area (Å²) in [6, 6.07) is 42.8. The second kappa shape index (κ2) is 9.80. The lowest BCUT2D eigenvalue weighted by Gasteiger charge is -2.07. The second-order valence-electron chi connectivity index (χ2n) is 7.75. The third kappa shape index (κ3) is 4.17. The maximum absolute atomic E-state index is 2.46. The Labute approximate surface area is 200 Å². The molecule has 2 nitrogen and oxygen atoms in total. The van der Waals surface area contributed by atoms with Gasteiger partial charge in [-0.15, -0.1) is 0 Å². The van der Waals surface area contributed by atoms with E-state index in [4.69, 9.17) is 0 Å². The van der Waals surface area contributed by atoms with Gasteiger partial charge in [0.2, 0.25) is 0 Å². The molecule has 0 fully saturated rings. The van der Waals surface area contributed by atoms with E-state index in [2.05, 4.69) is 138 Å². The van der Waals surface area contributed by atoms with Crippen molar-refractivity contribution in [3.8, 4) is 33.9 Å². The fourth-order valence-corrected chi connectivity index (χ4v) is 4.35. The topological polar surface area (TPSA) is 8.81 Å². The summed E-state index contributed by atoms with van der Waals surface area (Å²) in [5.74, 6) is 1.20.